The van der Waals surface area contributed by atoms with Gasteiger partial charge in [-0.1, -0.05) is 22.0 Å². The molecule has 0 saturated carbocycles. The largest absolute Gasteiger partial charge is 0.463 e. The number of hydrogen-bond acceptors (Lipinski definition) is 4. The lowest BCUT2D eigenvalue weighted by Crippen LogP contribution is -2.04. The van der Waals surface area contributed by atoms with E-state index < -0.39 is 0 Å². The molecule has 0 aliphatic carbocycles. The van der Waals surface area contributed by atoms with E-state index >= 15 is 0 Å². The van der Waals surface area contributed by atoms with Crippen LogP contribution in [0, 0.1) is 5.92 Å². The van der Waals surface area contributed by atoms with Crippen molar-refractivity contribution in [2.24, 2.45) is 10.9 Å². The summed E-state index contributed by atoms with van der Waals surface area (Å²) in [7, 11) is 0. The van der Waals surface area contributed by atoms with Gasteiger partial charge in [-0.3, -0.25) is 4.99 Å². The van der Waals surface area contributed by atoms with E-state index in [4.69, 9.17) is 9.15 Å². The van der Waals surface area contributed by atoms with E-state index in [1.54, 1.807) is 13.1 Å². The summed E-state index contributed by atoms with van der Waals surface area (Å²) in [6, 6.07) is 3.90. The Bertz CT molecular complexity index is 733. The Kier molecular flexibility index (Phi) is 3.92. The van der Waals surface area contributed by atoms with Gasteiger partial charge in [0.1, 0.15) is 17.4 Å². The highest BCUT2D eigenvalue weighted by Crippen LogP contribution is 2.31. The molecule has 0 fully saturated rings. The molecule has 108 valence electrons. The van der Waals surface area contributed by atoms with Crippen molar-refractivity contribution in [3.05, 3.63) is 46.3 Å². The van der Waals surface area contributed by atoms with Gasteiger partial charge in [-0.2, -0.15) is 0 Å². The van der Waals surface area contributed by atoms with Crippen LogP contribution in [0.15, 0.2) is 44.6 Å². The molecule has 3 rings (SSSR count). The molecule has 1 aromatic heterocycles. The van der Waals surface area contributed by atoms with Crippen LogP contribution in [-0.2, 0) is 11.2 Å². The molecule has 5 heteroatoms. The van der Waals surface area contributed by atoms with Crippen molar-refractivity contribution in [3.8, 4) is 0 Å². The van der Waals surface area contributed by atoms with Crippen LogP contribution in [0.4, 0.5) is 0 Å². The summed E-state index contributed by atoms with van der Waals surface area (Å²) in [5.41, 5.74) is 2.23. The van der Waals surface area contributed by atoms with Crippen LogP contribution in [0.1, 0.15) is 22.8 Å². The smallest absolute Gasteiger partial charge is 0.342 e. The average Bonchev–Trinajstić information content (AvgIpc) is 3.07. The number of fused-ring (bicyclic) bond motifs is 1. The summed E-state index contributed by atoms with van der Waals surface area (Å²) in [5, 5.41) is 0.775. The summed E-state index contributed by atoms with van der Waals surface area (Å²) in [6.45, 7) is 2.13. The minimum absolute atomic E-state index is 0.263. The van der Waals surface area contributed by atoms with Gasteiger partial charge in [-0.15, -0.1) is 0 Å². The van der Waals surface area contributed by atoms with Gasteiger partial charge in [-0.25, -0.2) is 4.79 Å². The second-order valence-electron chi connectivity index (χ2n) is 4.82. The van der Waals surface area contributed by atoms with Gasteiger partial charge >= 0.3 is 5.97 Å². The molecule has 0 saturated heterocycles. The van der Waals surface area contributed by atoms with Crippen LogP contribution in [0.5, 0.6) is 0 Å². The minimum Gasteiger partial charge on any atom is -0.463 e. The second kappa shape index (κ2) is 5.85. The molecule has 1 aliphatic heterocycles. The Labute approximate surface area is 130 Å². The van der Waals surface area contributed by atoms with E-state index in [0.717, 1.165) is 27.4 Å². The fraction of sp³-hybridized carbons (Fsp3) is 0.250. The number of benzene rings is 1. The standard InChI is InChI=1S/C16H14BrNO3/c1-2-20-16(19)14-9-21-15-11(5-10-3-4-18-8-10)6-12(17)7-13(14)15/h3-4,6-10H,2,5H2,1H3. The molecule has 0 N–H and O–H groups in total. The number of carbonyl (C=O) groups excluding carboxylic acids is 1. The van der Waals surface area contributed by atoms with Crippen molar-refractivity contribution in [3.63, 3.8) is 0 Å². The fourth-order valence-electron chi connectivity index (χ4n) is 2.43. The summed E-state index contributed by atoms with van der Waals surface area (Å²) in [4.78, 5) is 16.1. The maximum Gasteiger partial charge on any atom is 0.342 e. The summed E-state index contributed by atoms with van der Waals surface area (Å²) in [6.07, 6.45) is 8.00. The molecule has 0 amide bonds. The average molecular weight is 348 g/mol. The number of carbonyl (C=O) groups is 1. The van der Waals surface area contributed by atoms with E-state index in [0.29, 0.717) is 12.2 Å². The van der Waals surface area contributed by atoms with Gasteiger partial charge in [0.2, 0.25) is 0 Å². The lowest BCUT2D eigenvalue weighted by Gasteiger charge is -2.07. The van der Waals surface area contributed by atoms with Gasteiger partial charge in [0.15, 0.2) is 0 Å². The van der Waals surface area contributed by atoms with Gasteiger partial charge < -0.3 is 9.15 Å². The highest BCUT2D eigenvalue weighted by molar-refractivity contribution is 9.10. The number of aliphatic imine (C=N–C) groups is 1. The van der Waals surface area contributed by atoms with E-state index in [9.17, 15) is 4.79 Å². The first-order valence-corrected chi connectivity index (χ1v) is 7.55. The van der Waals surface area contributed by atoms with Crippen LogP contribution in [0.3, 0.4) is 0 Å². The molecule has 0 spiro atoms. The monoisotopic (exact) mass is 347 g/mol. The number of nitrogens with zero attached hydrogens (tertiary/aromatic N) is 1. The van der Waals surface area contributed by atoms with Gasteiger partial charge in [0.25, 0.3) is 0 Å². The number of hydrogen-bond donors (Lipinski definition) is 0. The highest BCUT2D eigenvalue weighted by Gasteiger charge is 2.19. The lowest BCUT2D eigenvalue weighted by atomic mass is 9.99. The maximum absolute atomic E-state index is 12.0. The minimum atomic E-state index is -0.359. The first kappa shape index (κ1) is 14.1. The third-order valence-corrected chi connectivity index (χ3v) is 3.82. The highest BCUT2D eigenvalue weighted by atomic mass is 79.9. The number of esters is 1. The van der Waals surface area contributed by atoms with Crippen molar-refractivity contribution in [1.29, 1.82) is 0 Å². The predicted octanol–water partition coefficient (Wildman–Crippen LogP) is 4.13. The van der Waals surface area contributed by atoms with E-state index in [1.807, 2.05) is 24.4 Å². The zero-order valence-corrected chi connectivity index (χ0v) is 13.1. The third-order valence-electron chi connectivity index (χ3n) is 3.36. The molecule has 2 heterocycles. The van der Waals surface area contributed by atoms with Crippen molar-refractivity contribution in [2.75, 3.05) is 6.61 Å². The van der Waals surface area contributed by atoms with Gasteiger partial charge in [0.05, 0.1) is 6.61 Å². The molecule has 21 heavy (non-hydrogen) atoms. The van der Waals surface area contributed by atoms with Crippen LogP contribution < -0.4 is 0 Å². The Morgan fingerprint density at radius 1 is 1.48 bits per heavy atom. The summed E-state index contributed by atoms with van der Waals surface area (Å²) >= 11 is 3.49. The van der Waals surface area contributed by atoms with Crippen molar-refractivity contribution in [2.45, 2.75) is 13.3 Å². The Hall–Kier alpha value is -1.88. The molecule has 1 unspecified atom stereocenters. The van der Waals surface area contributed by atoms with E-state index in [2.05, 4.69) is 20.9 Å². The normalized spacial score (nSPS) is 16.8. The number of ether oxygens (including phenoxy) is 1. The number of halogens is 1. The Morgan fingerprint density at radius 2 is 2.33 bits per heavy atom. The van der Waals surface area contributed by atoms with Crippen molar-refractivity contribution < 1.29 is 13.9 Å². The topological polar surface area (TPSA) is 51.8 Å². The van der Waals surface area contributed by atoms with Crippen LogP contribution in [0.25, 0.3) is 11.0 Å². The SMILES string of the molecule is CCOC(=O)c1coc2c(CC3C=CN=C3)cc(Br)cc12. The zero-order valence-electron chi connectivity index (χ0n) is 11.5. The van der Waals surface area contributed by atoms with Crippen LogP contribution >= 0.6 is 15.9 Å². The molecule has 0 bridgehead atoms. The predicted molar refractivity (Wildman–Crippen MR) is 84.7 cm³/mol. The van der Waals surface area contributed by atoms with E-state index in [-0.39, 0.29) is 11.9 Å². The number of rotatable bonds is 4. The first-order valence-electron chi connectivity index (χ1n) is 6.75. The number of allylic oxidation sites excluding steroid dienone is 1. The fourth-order valence-corrected chi connectivity index (χ4v) is 2.94. The van der Waals surface area contributed by atoms with Crippen LogP contribution in [-0.4, -0.2) is 18.8 Å². The molecule has 1 aromatic carbocycles. The third kappa shape index (κ3) is 2.78. The van der Waals surface area contributed by atoms with Crippen molar-refractivity contribution in [1.82, 2.24) is 0 Å². The molecule has 1 atom stereocenters. The van der Waals surface area contributed by atoms with Crippen LogP contribution in [0.2, 0.25) is 0 Å². The van der Waals surface area contributed by atoms with Gasteiger partial charge in [-0.05, 0) is 31.0 Å². The van der Waals surface area contributed by atoms with Crippen molar-refractivity contribution >= 4 is 39.1 Å². The number of furan rings is 1. The van der Waals surface area contributed by atoms with Gasteiger partial charge in [0, 0.05) is 28.2 Å². The molecule has 0 radical (unpaired) electrons. The lowest BCUT2D eigenvalue weighted by molar-refractivity contribution is 0.0527. The maximum atomic E-state index is 12.0. The quantitative estimate of drug-likeness (QED) is 0.781. The van der Waals surface area contributed by atoms with E-state index in [1.165, 1.54) is 6.26 Å². The molecular weight excluding hydrogens is 334 g/mol. The Morgan fingerprint density at radius 3 is 3.05 bits per heavy atom. The second-order valence-corrected chi connectivity index (χ2v) is 5.73. The summed E-state index contributed by atoms with van der Waals surface area (Å²) in [5.74, 6) is -0.0960. The first-order chi connectivity index (χ1) is 10.2. The molecule has 4 nitrogen and oxygen atoms in total. The molecular formula is C16H14BrNO3. The molecule has 1 aliphatic rings. The zero-order chi connectivity index (χ0) is 14.8. The molecule has 2 aromatic rings. The summed E-state index contributed by atoms with van der Waals surface area (Å²) < 4.78 is 11.6. The Balaban J connectivity index is 2.03.